The van der Waals surface area contributed by atoms with Gasteiger partial charge in [-0.1, -0.05) is 36.5 Å². The Morgan fingerprint density at radius 3 is 2.82 bits per heavy atom. The van der Waals surface area contributed by atoms with Crippen LogP contribution < -0.4 is 0 Å². The molecule has 0 spiro atoms. The Kier molecular flexibility index (Phi) is 3.74. The van der Waals surface area contributed by atoms with Crippen LogP contribution in [0.25, 0.3) is 0 Å². The first-order valence-corrected chi connectivity index (χ1v) is 4.38. The van der Waals surface area contributed by atoms with E-state index in [1.54, 1.807) is 0 Å². The van der Waals surface area contributed by atoms with Gasteiger partial charge in [0, 0.05) is 0 Å². The second-order valence-electron chi connectivity index (χ2n) is 2.96. The fraction of sp³-hybridized carbons (Fsp3) is 0.455. The number of hydrogen-bond acceptors (Lipinski definition) is 0. The van der Waals surface area contributed by atoms with Gasteiger partial charge in [0.05, 0.1) is 0 Å². The van der Waals surface area contributed by atoms with Crippen molar-refractivity contribution < 1.29 is 0 Å². The van der Waals surface area contributed by atoms with Crippen molar-refractivity contribution in [3.05, 3.63) is 36.5 Å². The number of rotatable bonds is 2. The van der Waals surface area contributed by atoms with E-state index in [1.807, 2.05) is 6.92 Å². The summed E-state index contributed by atoms with van der Waals surface area (Å²) in [4.78, 5) is 0. The third kappa shape index (κ3) is 3.22. The van der Waals surface area contributed by atoms with Gasteiger partial charge in [0.25, 0.3) is 0 Å². The fourth-order valence-corrected chi connectivity index (χ4v) is 1.32. The molecule has 1 rings (SSSR count). The number of allylic oxidation sites excluding steroid dienone is 6. The summed E-state index contributed by atoms with van der Waals surface area (Å²) < 4.78 is 0. The Bertz CT molecular complexity index is 172. The minimum atomic E-state index is 0.788. The van der Waals surface area contributed by atoms with Crippen LogP contribution in [0.1, 0.15) is 26.2 Å². The van der Waals surface area contributed by atoms with Crippen LogP contribution in [0.15, 0.2) is 36.5 Å². The second-order valence-corrected chi connectivity index (χ2v) is 2.96. The molecule has 1 atom stereocenters. The number of hydrogen-bond donors (Lipinski definition) is 0. The summed E-state index contributed by atoms with van der Waals surface area (Å²) in [7, 11) is 0. The lowest BCUT2D eigenvalue weighted by Crippen LogP contribution is -1.97. The van der Waals surface area contributed by atoms with Crippen LogP contribution in [0.4, 0.5) is 0 Å². The Labute approximate surface area is 69.3 Å². The van der Waals surface area contributed by atoms with Crippen molar-refractivity contribution >= 4 is 0 Å². The van der Waals surface area contributed by atoms with Gasteiger partial charge in [-0.2, -0.15) is 0 Å². The predicted molar refractivity (Wildman–Crippen MR) is 50.4 cm³/mol. The molecule has 0 aromatic carbocycles. The minimum absolute atomic E-state index is 0.788. The molecule has 0 heterocycles. The Hall–Kier alpha value is -0.780. The van der Waals surface area contributed by atoms with Crippen molar-refractivity contribution in [2.24, 2.45) is 5.92 Å². The molecule has 0 heteroatoms. The van der Waals surface area contributed by atoms with Gasteiger partial charge in [-0.05, 0) is 32.1 Å². The maximum Gasteiger partial charge on any atom is -0.0193 e. The van der Waals surface area contributed by atoms with E-state index in [4.69, 9.17) is 0 Å². The lowest BCUT2D eigenvalue weighted by atomic mass is 9.94. The third-order valence-electron chi connectivity index (χ3n) is 2.00. The molecular formula is C11H16. The normalized spacial score (nSPS) is 25.4. The summed E-state index contributed by atoms with van der Waals surface area (Å²) in [6.45, 7) is 2.05. The molecule has 0 bridgehead atoms. The van der Waals surface area contributed by atoms with Crippen molar-refractivity contribution in [2.45, 2.75) is 26.2 Å². The van der Waals surface area contributed by atoms with E-state index in [-0.39, 0.29) is 0 Å². The van der Waals surface area contributed by atoms with Crippen molar-refractivity contribution in [2.75, 3.05) is 0 Å². The predicted octanol–water partition coefficient (Wildman–Crippen LogP) is 3.48. The van der Waals surface area contributed by atoms with Gasteiger partial charge in [-0.3, -0.25) is 0 Å². The van der Waals surface area contributed by atoms with E-state index in [1.165, 1.54) is 19.3 Å². The topological polar surface area (TPSA) is 0 Å². The van der Waals surface area contributed by atoms with Crippen molar-refractivity contribution in [3.63, 3.8) is 0 Å². The Morgan fingerprint density at radius 2 is 2.18 bits per heavy atom. The summed E-state index contributed by atoms with van der Waals surface area (Å²) >= 11 is 0. The van der Waals surface area contributed by atoms with Crippen LogP contribution in [0.2, 0.25) is 0 Å². The smallest absolute Gasteiger partial charge is 0.0193 e. The lowest BCUT2D eigenvalue weighted by molar-refractivity contribution is 0.584. The molecule has 0 unspecified atom stereocenters. The molecule has 0 fully saturated rings. The molecular weight excluding hydrogens is 132 g/mol. The van der Waals surface area contributed by atoms with Crippen LogP contribution in [-0.2, 0) is 0 Å². The molecule has 0 aromatic rings. The average molecular weight is 148 g/mol. The third-order valence-corrected chi connectivity index (χ3v) is 2.00. The standard InChI is InChI=1S/C11H16/c1-2-3-5-8-11-9-6-4-7-10-11/h2-6,8,11H,7,9-10H2,1H3/b3-2+,8-5+/t11-/m1/s1. The monoisotopic (exact) mass is 148 g/mol. The van der Waals surface area contributed by atoms with Gasteiger partial charge in [0.15, 0.2) is 0 Å². The van der Waals surface area contributed by atoms with Gasteiger partial charge in [-0.25, -0.2) is 0 Å². The molecule has 0 nitrogen and oxygen atoms in total. The van der Waals surface area contributed by atoms with Gasteiger partial charge < -0.3 is 0 Å². The van der Waals surface area contributed by atoms with E-state index >= 15 is 0 Å². The maximum atomic E-state index is 2.31. The summed E-state index contributed by atoms with van der Waals surface area (Å²) in [6.07, 6.45) is 17.0. The van der Waals surface area contributed by atoms with E-state index in [0.717, 1.165) is 5.92 Å². The first kappa shape index (κ1) is 8.32. The molecule has 11 heavy (non-hydrogen) atoms. The van der Waals surface area contributed by atoms with E-state index < -0.39 is 0 Å². The first-order valence-electron chi connectivity index (χ1n) is 4.38. The van der Waals surface area contributed by atoms with Gasteiger partial charge >= 0.3 is 0 Å². The zero-order valence-corrected chi connectivity index (χ0v) is 7.16. The van der Waals surface area contributed by atoms with Crippen LogP contribution in [0.3, 0.4) is 0 Å². The zero-order valence-electron chi connectivity index (χ0n) is 7.16. The van der Waals surface area contributed by atoms with Crippen LogP contribution in [-0.4, -0.2) is 0 Å². The quantitative estimate of drug-likeness (QED) is 0.415. The molecule has 0 radical (unpaired) electrons. The van der Waals surface area contributed by atoms with E-state index in [9.17, 15) is 0 Å². The Balaban J connectivity index is 2.31. The summed E-state index contributed by atoms with van der Waals surface area (Å²) in [6, 6.07) is 0. The van der Waals surface area contributed by atoms with Crippen LogP contribution in [0, 0.1) is 5.92 Å². The molecule has 0 amide bonds. The molecule has 0 N–H and O–H groups in total. The largest absolute Gasteiger partial charge is 0.0885 e. The highest BCUT2D eigenvalue weighted by atomic mass is 14.1. The lowest BCUT2D eigenvalue weighted by Gasteiger charge is -2.11. The summed E-state index contributed by atoms with van der Waals surface area (Å²) in [5.41, 5.74) is 0. The van der Waals surface area contributed by atoms with Gasteiger partial charge in [0.2, 0.25) is 0 Å². The highest BCUT2D eigenvalue weighted by Gasteiger charge is 2.03. The molecule has 0 saturated carbocycles. The van der Waals surface area contributed by atoms with Gasteiger partial charge in [-0.15, -0.1) is 0 Å². The first-order chi connectivity index (χ1) is 5.43. The second kappa shape index (κ2) is 4.95. The van der Waals surface area contributed by atoms with Crippen LogP contribution >= 0.6 is 0 Å². The maximum absolute atomic E-state index is 2.31. The molecule has 0 aliphatic heterocycles. The molecule has 0 aromatic heterocycles. The molecule has 1 aliphatic carbocycles. The average Bonchev–Trinajstić information content (AvgIpc) is 2.07. The highest BCUT2D eigenvalue weighted by molar-refractivity contribution is 5.06. The SMILES string of the molecule is C/C=C/C=C/[C@@H]1CC=CCC1. The van der Waals surface area contributed by atoms with E-state index in [2.05, 4.69) is 36.5 Å². The molecule has 0 saturated heterocycles. The van der Waals surface area contributed by atoms with Crippen molar-refractivity contribution in [1.82, 2.24) is 0 Å². The fourth-order valence-electron chi connectivity index (χ4n) is 1.32. The highest BCUT2D eigenvalue weighted by Crippen LogP contribution is 2.18. The summed E-state index contributed by atoms with van der Waals surface area (Å²) in [5, 5.41) is 0. The van der Waals surface area contributed by atoms with E-state index in [0.29, 0.717) is 0 Å². The summed E-state index contributed by atoms with van der Waals surface area (Å²) in [5.74, 6) is 0.788. The van der Waals surface area contributed by atoms with Crippen molar-refractivity contribution in [1.29, 1.82) is 0 Å². The van der Waals surface area contributed by atoms with Crippen LogP contribution in [0.5, 0.6) is 0 Å². The molecule has 1 aliphatic rings. The minimum Gasteiger partial charge on any atom is -0.0885 e. The van der Waals surface area contributed by atoms with Crippen molar-refractivity contribution in [3.8, 4) is 0 Å². The van der Waals surface area contributed by atoms with Gasteiger partial charge in [0.1, 0.15) is 0 Å². The zero-order chi connectivity index (χ0) is 7.94. The Morgan fingerprint density at radius 1 is 1.27 bits per heavy atom. The molecule has 60 valence electrons.